The molecule has 1 heteroatoms. The van der Waals surface area contributed by atoms with Crippen molar-refractivity contribution < 1.29 is 0 Å². The Labute approximate surface area is 99.0 Å². The second kappa shape index (κ2) is 5.49. The van der Waals surface area contributed by atoms with Crippen LogP contribution in [0.5, 0.6) is 0 Å². The lowest BCUT2D eigenvalue weighted by molar-refractivity contribution is 0.591. The lowest BCUT2D eigenvalue weighted by Gasteiger charge is -2.16. The van der Waals surface area contributed by atoms with E-state index in [0.29, 0.717) is 0 Å². The maximum atomic E-state index is 5.94. The highest BCUT2D eigenvalue weighted by atomic mass is 14.6. The first-order valence-electron chi connectivity index (χ1n) is 6.63. The SMILES string of the molecule is CC(N)c1cccc(C2CCCCCC2)c1. The largest absolute Gasteiger partial charge is 0.324 e. The molecule has 1 nitrogen and oxygen atoms in total. The highest BCUT2D eigenvalue weighted by Gasteiger charge is 2.14. The third-order valence-electron chi connectivity index (χ3n) is 3.76. The molecule has 0 spiro atoms. The number of rotatable bonds is 2. The van der Waals surface area contributed by atoms with Crippen LogP contribution in [-0.2, 0) is 0 Å². The molecule has 0 aromatic heterocycles. The van der Waals surface area contributed by atoms with E-state index in [0.717, 1.165) is 5.92 Å². The molecule has 2 rings (SSSR count). The van der Waals surface area contributed by atoms with Gasteiger partial charge < -0.3 is 5.73 Å². The lowest BCUT2D eigenvalue weighted by atomic mass is 9.90. The molecule has 0 amide bonds. The minimum Gasteiger partial charge on any atom is -0.324 e. The second-order valence-electron chi connectivity index (χ2n) is 5.15. The van der Waals surface area contributed by atoms with Crippen molar-refractivity contribution in [3.63, 3.8) is 0 Å². The summed E-state index contributed by atoms with van der Waals surface area (Å²) in [5.74, 6) is 0.779. The molecule has 88 valence electrons. The van der Waals surface area contributed by atoms with E-state index < -0.39 is 0 Å². The molecule has 1 unspecified atom stereocenters. The van der Waals surface area contributed by atoms with E-state index in [1.54, 1.807) is 0 Å². The van der Waals surface area contributed by atoms with Gasteiger partial charge in [-0.3, -0.25) is 0 Å². The Morgan fingerprint density at radius 3 is 2.44 bits per heavy atom. The molecule has 1 aliphatic rings. The van der Waals surface area contributed by atoms with Crippen LogP contribution in [0.3, 0.4) is 0 Å². The Morgan fingerprint density at radius 1 is 1.12 bits per heavy atom. The fraction of sp³-hybridized carbons (Fsp3) is 0.600. The average Bonchev–Trinajstić information content (AvgIpc) is 2.57. The summed E-state index contributed by atoms with van der Waals surface area (Å²) in [5, 5.41) is 0. The van der Waals surface area contributed by atoms with Crippen LogP contribution in [0.2, 0.25) is 0 Å². The standard InChI is InChI=1S/C15H23N/c1-12(16)14-9-6-10-15(11-14)13-7-4-2-3-5-8-13/h6,9-13H,2-5,7-8,16H2,1H3. The number of hydrogen-bond acceptors (Lipinski definition) is 1. The van der Waals surface area contributed by atoms with Gasteiger partial charge in [-0.05, 0) is 36.8 Å². The van der Waals surface area contributed by atoms with Crippen molar-refractivity contribution in [2.24, 2.45) is 5.73 Å². The third kappa shape index (κ3) is 2.85. The third-order valence-corrected chi connectivity index (χ3v) is 3.76. The van der Waals surface area contributed by atoms with Crippen LogP contribution in [0.4, 0.5) is 0 Å². The van der Waals surface area contributed by atoms with Crippen LogP contribution in [0, 0.1) is 0 Å². The zero-order valence-corrected chi connectivity index (χ0v) is 10.3. The highest BCUT2D eigenvalue weighted by Crippen LogP contribution is 2.32. The van der Waals surface area contributed by atoms with E-state index >= 15 is 0 Å². The van der Waals surface area contributed by atoms with Crippen molar-refractivity contribution in [2.45, 2.75) is 57.4 Å². The molecule has 0 radical (unpaired) electrons. The van der Waals surface area contributed by atoms with Crippen LogP contribution >= 0.6 is 0 Å². The van der Waals surface area contributed by atoms with E-state index in [2.05, 4.69) is 31.2 Å². The normalized spacial score (nSPS) is 20.4. The molecule has 1 aromatic carbocycles. The number of benzene rings is 1. The summed E-state index contributed by atoms with van der Waals surface area (Å²) in [6.45, 7) is 2.06. The zero-order valence-electron chi connectivity index (χ0n) is 10.3. The van der Waals surface area contributed by atoms with Crippen molar-refractivity contribution in [1.82, 2.24) is 0 Å². The van der Waals surface area contributed by atoms with Crippen LogP contribution in [0.15, 0.2) is 24.3 Å². The van der Waals surface area contributed by atoms with E-state index in [1.807, 2.05) is 0 Å². The van der Waals surface area contributed by atoms with Gasteiger partial charge in [0.25, 0.3) is 0 Å². The summed E-state index contributed by atoms with van der Waals surface area (Å²) < 4.78 is 0. The maximum absolute atomic E-state index is 5.94. The molecule has 1 aliphatic carbocycles. The molecule has 0 aliphatic heterocycles. The van der Waals surface area contributed by atoms with Gasteiger partial charge in [-0.15, -0.1) is 0 Å². The fourth-order valence-electron chi connectivity index (χ4n) is 2.71. The predicted octanol–water partition coefficient (Wildman–Crippen LogP) is 4.14. The smallest absolute Gasteiger partial charge is 0.0266 e. The first-order valence-corrected chi connectivity index (χ1v) is 6.63. The van der Waals surface area contributed by atoms with Gasteiger partial charge in [0.2, 0.25) is 0 Å². The van der Waals surface area contributed by atoms with Crippen molar-refractivity contribution in [3.05, 3.63) is 35.4 Å². The minimum atomic E-state index is 0.158. The topological polar surface area (TPSA) is 26.0 Å². The van der Waals surface area contributed by atoms with Crippen molar-refractivity contribution in [1.29, 1.82) is 0 Å². The van der Waals surface area contributed by atoms with Crippen molar-refractivity contribution in [2.75, 3.05) is 0 Å². The molecule has 0 bridgehead atoms. The lowest BCUT2D eigenvalue weighted by Crippen LogP contribution is -2.06. The molecule has 0 heterocycles. The van der Waals surface area contributed by atoms with Crippen molar-refractivity contribution >= 4 is 0 Å². The molecule has 1 aromatic rings. The van der Waals surface area contributed by atoms with Crippen LogP contribution in [0.25, 0.3) is 0 Å². The van der Waals surface area contributed by atoms with E-state index in [-0.39, 0.29) is 6.04 Å². The summed E-state index contributed by atoms with van der Waals surface area (Å²) in [5.41, 5.74) is 8.73. The quantitative estimate of drug-likeness (QED) is 0.740. The summed E-state index contributed by atoms with van der Waals surface area (Å²) in [4.78, 5) is 0. The van der Waals surface area contributed by atoms with Crippen molar-refractivity contribution in [3.8, 4) is 0 Å². The van der Waals surface area contributed by atoms with Gasteiger partial charge in [-0.25, -0.2) is 0 Å². The van der Waals surface area contributed by atoms with Crippen LogP contribution in [-0.4, -0.2) is 0 Å². The van der Waals surface area contributed by atoms with Gasteiger partial charge in [-0.1, -0.05) is 49.9 Å². The highest BCUT2D eigenvalue weighted by molar-refractivity contribution is 5.28. The first-order chi connectivity index (χ1) is 7.77. The summed E-state index contributed by atoms with van der Waals surface area (Å²) >= 11 is 0. The molecule has 1 atom stereocenters. The number of hydrogen-bond donors (Lipinski definition) is 1. The van der Waals surface area contributed by atoms with Gasteiger partial charge in [0.1, 0.15) is 0 Å². The summed E-state index contributed by atoms with van der Waals surface area (Å²) in [6.07, 6.45) is 8.36. The fourth-order valence-corrected chi connectivity index (χ4v) is 2.71. The molecular weight excluding hydrogens is 194 g/mol. The summed E-state index contributed by atoms with van der Waals surface area (Å²) in [7, 11) is 0. The maximum Gasteiger partial charge on any atom is 0.0266 e. The Bertz CT molecular complexity index is 322. The second-order valence-corrected chi connectivity index (χ2v) is 5.15. The van der Waals surface area contributed by atoms with Crippen LogP contribution < -0.4 is 5.73 Å². The Morgan fingerprint density at radius 2 is 1.81 bits per heavy atom. The molecular formula is C15H23N. The van der Waals surface area contributed by atoms with E-state index in [1.165, 1.54) is 49.7 Å². The average molecular weight is 217 g/mol. The van der Waals surface area contributed by atoms with Crippen LogP contribution in [0.1, 0.15) is 68.5 Å². The monoisotopic (exact) mass is 217 g/mol. The Hall–Kier alpha value is -0.820. The number of nitrogens with two attached hydrogens (primary N) is 1. The molecule has 0 saturated heterocycles. The molecule has 16 heavy (non-hydrogen) atoms. The van der Waals surface area contributed by atoms with Gasteiger partial charge in [-0.2, -0.15) is 0 Å². The predicted molar refractivity (Wildman–Crippen MR) is 69.5 cm³/mol. The van der Waals surface area contributed by atoms with Gasteiger partial charge >= 0.3 is 0 Å². The van der Waals surface area contributed by atoms with E-state index in [4.69, 9.17) is 5.73 Å². The Balaban J connectivity index is 2.15. The minimum absolute atomic E-state index is 0.158. The zero-order chi connectivity index (χ0) is 11.4. The van der Waals surface area contributed by atoms with Gasteiger partial charge in [0.05, 0.1) is 0 Å². The summed E-state index contributed by atoms with van der Waals surface area (Å²) in [6, 6.07) is 9.07. The van der Waals surface area contributed by atoms with Gasteiger partial charge in [0, 0.05) is 6.04 Å². The Kier molecular flexibility index (Phi) is 4.00. The van der Waals surface area contributed by atoms with Gasteiger partial charge in [0.15, 0.2) is 0 Å². The molecule has 1 fully saturated rings. The molecule has 1 saturated carbocycles. The first kappa shape index (κ1) is 11.7. The molecule has 2 N–H and O–H groups in total. The van der Waals surface area contributed by atoms with E-state index in [9.17, 15) is 0 Å².